The average Bonchev–Trinajstić information content (AvgIpc) is 2.98. The van der Waals surface area contributed by atoms with E-state index >= 15 is 0 Å². The van der Waals surface area contributed by atoms with E-state index in [2.05, 4.69) is 20.8 Å². The van der Waals surface area contributed by atoms with Crippen molar-refractivity contribution in [3.05, 3.63) is 35.1 Å². The second kappa shape index (κ2) is 6.08. The van der Waals surface area contributed by atoms with Gasteiger partial charge in [0.05, 0.1) is 17.8 Å². The van der Waals surface area contributed by atoms with Crippen molar-refractivity contribution in [1.29, 1.82) is 0 Å². The molecule has 1 atom stereocenters. The maximum atomic E-state index is 12.2. The molecular formula is C12H12ClN5O4. The van der Waals surface area contributed by atoms with Gasteiger partial charge in [-0.3, -0.25) is 4.79 Å². The zero-order valence-electron chi connectivity index (χ0n) is 11.4. The summed E-state index contributed by atoms with van der Waals surface area (Å²) in [5.74, 6) is -2.06. The first-order valence-electron chi connectivity index (χ1n) is 6.08. The maximum absolute atomic E-state index is 12.2. The molecule has 1 heterocycles. The van der Waals surface area contributed by atoms with Crippen molar-refractivity contribution in [3.63, 3.8) is 0 Å². The van der Waals surface area contributed by atoms with Gasteiger partial charge in [0.2, 0.25) is 0 Å². The van der Waals surface area contributed by atoms with Crippen molar-refractivity contribution >= 4 is 23.5 Å². The van der Waals surface area contributed by atoms with Gasteiger partial charge in [-0.2, -0.15) is 4.68 Å². The number of halogens is 1. The molecule has 0 radical (unpaired) electrons. The number of carboxylic acids is 1. The molecule has 0 saturated heterocycles. The summed E-state index contributed by atoms with van der Waals surface area (Å²) in [5.41, 5.74) is -1.58. The van der Waals surface area contributed by atoms with Crippen molar-refractivity contribution < 1.29 is 19.8 Å². The van der Waals surface area contributed by atoms with Gasteiger partial charge in [0.25, 0.3) is 5.91 Å². The van der Waals surface area contributed by atoms with Crippen LogP contribution in [0.15, 0.2) is 24.5 Å². The van der Waals surface area contributed by atoms with Gasteiger partial charge in [0.15, 0.2) is 5.60 Å². The molecule has 10 heteroatoms. The molecule has 22 heavy (non-hydrogen) atoms. The SMILES string of the molecule is CC(O)(CNC(=O)c1cc(Cl)ccc1-n1cnnn1)C(=O)O. The number of tetrazole rings is 1. The van der Waals surface area contributed by atoms with Crippen LogP contribution in [0.2, 0.25) is 5.02 Å². The Bertz CT molecular complexity index is 702. The molecule has 9 nitrogen and oxygen atoms in total. The fraction of sp³-hybridized carbons (Fsp3) is 0.250. The lowest BCUT2D eigenvalue weighted by Crippen LogP contribution is -2.46. The van der Waals surface area contributed by atoms with Crippen LogP contribution in [-0.4, -0.2) is 54.4 Å². The number of nitrogens with zero attached hydrogens (tertiary/aromatic N) is 4. The van der Waals surface area contributed by atoms with E-state index in [4.69, 9.17) is 16.7 Å². The normalized spacial score (nSPS) is 13.4. The standard InChI is InChI=1S/C12H12ClN5O4/c1-12(22,11(20)21)5-14-10(19)8-4-7(13)2-3-9(8)18-6-15-16-17-18/h2-4,6,22H,5H2,1H3,(H,14,19)(H,20,21). The second-order valence-corrected chi connectivity index (χ2v) is 5.11. The zero-order valence-corrected chi connectivity index (χ0v) is 12.2. The van der Waals surface area contributed by atoms with Crippen LogP contribution < -0.4 is 5.32 Å². The maximum Gasteiger partial charge on any atom is 0.337 e. The van der Waals surface area contributed by atoms with E-state index in [0.29, 0.717) is 10.7 Å². The number of carboxylic acid groups (broad SMARTS) is 1. The quantitative estimate of drug-likeness (QED) is 0.698. The average molecular weight is 326 g/mol. The van der Waals surface area contributed by atoms with Gasteiger partial charge in [0.1, 0.15) is 6.33 Å². The molecule has 0 bridgehead atoms. The van der Waals surface area contributed by atoms with Crippen LogP contribution in [0.25, 0.3) is 5.69 Å². The Kier molecular flexibility index (Phi) is 4.38. The predicted molar refractivity (Wildman–Crippen MR) is 74.8 cm³/mol. The molecule has 2 aromatic rings. The topological polar surface area (TPSA) is 130 Å². The molecule has 1 unspecified atom stereocenters. The molecule has 0 fully saturated rings. The molecule has 1 amide bonds. The van der Waals surface area contributed by atoms with E-state index < -0.39 is 24.0 Å². The van der Waals surface area contributed by atoms with E-state index in [9.17, 15) is 14.7 Å². The third kappa shape index (κ3) is 3.38. The fourth-order valence-corrected chi connectivity index (χ4v) is 1.76. The monoisotopic (exact) mass is 325 g/mol. The number of aliphatic hydroxyl groups is 1. The van der Waals surface area contributed by atoms with Crippen molar-refractivity contribution in [2.45, 2.75) is 12.5 Å². The van der Waals surface area contributed by atoms with Gasteiger partial charge in [-0.15, -0.1) is 5.10 Å². The van der Waals surface area contributed by atoms with Crippen molar-refractivity contribution in [1.82, 2.24) is 25.5 Å². The lowest BCUT2D eigenvalue weighted by molar-refractivity contribution is -0.155. The van der Waals surface area contributed by atoms with Crippen molar-refractivity contribution in [3.8, 4) is 5.69 Å². The first-order valence-corrected chi connectivity index (χ1v) is 6.46. The van der Waals surface area contributed by atoms with E-state index in [1.165, 1.54) is 17.1 Å². The van der Waals surface area contributed by atoms with Crippen LogP contribution >= 0.6 is 11.6 Å². The van der Waals surface area contributed by atoms with Gasteiger partial charge < -0.3 is 15.5 Å². The van der Waals surface area contributed by atoms with E-state index in [-0.39, 0.29) is 5.56 Å². The summed E-state index contributed by atoms with van der Waals surface area (Å²) < 4.78 is 1.26. The Morgan fingerprint density at radius 1 is 1.45 bits per heavy atom. The van der Waals surface area contributed by atoms with Crippen LogP contribution in [0.4, 0.5) is 0 Å². The number of aliphatic carboxylic acids is 1. The molecular weight excluding hydrogens is 314 g/mol. The van der Waals surface area contributed by atoms with E-state index in [0.717, 1.165) is 6.92 Å². The van der Waals surface area contributed by atoms with Crippen LogP contribution in [0, 0.1) is 0 Å². The lowest BCUT2D eigenvalue weighted by atomic mass is 10.1. The highest BCUT2D eigenvalue weighted by Gasteiger charge is 2.30. The largest absolute Gasteiger partial charge is 0.479 e. The second-order valence-electron chi connectivity index (χ2n) is 4.68. The fourth-order valence-electron chi connectivity index (χ4n) is 1.58. The molecule has 0 saturated carbocycles. The molecule has 2 rings (SSSR count). The number of hydrogen-bond donors (Lipinski definition) is 3. The third-order valence-electron chi connectivity index (χ3n) is 2.85. The molecule has 0 aliphatic rings. The Hall–Kier alpha value is -2.52. The van der Waals surface area contributed by atoms with Crippen LogP contribution in [-0.2, 0) is 4.79 Å². The number of carbonyl (C=O) groups excluding carboxylic acids is 1. The van der Waals surface area contributed by atoms with Crippen LogP contribution in [0.1, 0.15) is 17.3 Å². The molecule has 0 spiro atoms. The summed E-state index contributed by atoms with van der Waals surface area (Å²) in [7, 11) is 0. The summed E-state index contributed by atoms with van der Waals surface area (Å²) >= 11 is 5.88. The Morgan fingerprint density at radius 3 is 2.77 bits per heavy atom. The first kappa shape index (κ1) is 15.9. The van der Waals surface area contributed by atoms with Gasteiger partial charge >= 0.3 is 5.97 Å². The number of carbonyl (C=O) groups is 2. The minimum absolute atomic E-state index is 0.140. The third-order valence-corrected chi connectivity index (χ3v) is 3.09. The van der Waals surface area contributed by atoms with E-state index in [1.54, 1.807) is 12.1 Å². The van der Waals surface area contributed by atoms with E-state index in [1.807, 2.05) is 0 Å². The highest BCUT2D eigenvalue weighted by atomic mass is 35.5. The van der Waals surface area contributed by atoms with Crippen LogP contribution in [0.5, 0.6) is 0 Å². The molecule has 1 aromatic carbocycles. The summed E-state index contributed by atoms with van der Waals surface area (Å²) in [4.78, 5) is 23.1. The highest BCUT2D eigenvalue weighted by molar-refractivity contribution is 6.31. The molecule has 1 aromatic heterocycles. The van der Waals surface area contributed by atoms with Gasteiger partial charge in [-0.05, 0) is 35.5 Å². The Balaban J connectivity index is 2.26. The summed E-state index contributed by atoms with van der Waals surface area (Å²) in [6.45, 7) is 0.610. The molecule has 0 aliphatic heterocycles. The van der Waals surface area contributed by atoms with Gasteiger partial charge in [-0.1, -0.05) is 11.6 Å². The summed E-state index contributed by atoms with van der Waals surface area (Å²) in [6, 6.07) is 4.50. The van der Waals surface area contributed by atoms with Gasteiger partial charge in [-0.25, -0.2) is 4.79 Å². The minimum Gasteiger partial charge on any atom is -0.479 e. The Labute approximate surface area is 129 Å². The number of rotatable bonds is 5. The molecule has 3 N–H and O–H groups in total. The minimum atomic E-state index is -2.08. The van der Waals surface area contributed by atoms with Crippen molar-refractivity contribution in [2.24, 2.45) is 0 Å². The summed E-state index contributed by atoms with van der Waals surface area (Å²) in [5, 5.41) is 31.7. The zero-order chi connectivity index (χ0) is 16.3. The number of benzene rings is 1. The smallest absolute Gasteiger partial charge is 0.337 e. The van der Waals surface area contributed by atoms with Crippen molar-refractivity contribution in [2.75, 3.05) is 6.54 Å². The number of hydrogen-bond acceptors (Lipinski definition) is 6. The number of aromatic nitrogens is 4. The van der Waals surface area contributed by atoms with Gasteiger partial charge in [0, 0.05) is 5.02 Å². The number of amides is 1. The molecule has 0 aliphatic carbocycles. The lowest BCUT2D eigenvalue weighted by Gasteiger charge is -2.18. The predicted octanol–water partition coefficient (Wildman–Crippen LogP) is -0.119. The number of nitrogens with one attached hydrogen (secondary N) is 1. The van der Waals surface area contributed by atoms with Crippen LogP contribution in [0.3, 0.4) is 0 Å². The molecule has 116 valence electrons. The summed E-state index contributed by atoms with van der Waals surface area (Å²) in [6.07, 6.45) is 1.30. The first-order chi connectivity index (χ1) is 10.3. The Morgan fingerprint density at radius 2 is 2.18 bits per heavy atom. The highest BCUT2D eigenvalue weighted by Crippen LogP contribution is 2.19.